The van der Waals surface area contributed by atoms with Crippen molar-refractivity contribution in [3.63, 3.8) is 0 Å². The van der Waals surface area contributed by atoms with Gasteiger partial charge in [-0.3, -0.25) is 19.3 Å². The van der Waals surface area contributed by atoms with Crippen molar-refractivity contribution >= 4 is 34.2 Å². The van der Waals surface area contributed by atoms with Crippen LogP contribution < -0.4 is 35.6 Å². The van der Waals surface area contributed by atoms with Gasteiger partial charge in [0.15, 0.2) is 11.5 Å². The second-order valence-corrected chi connectivity index (χ2v) is 13.5. The zero-order valence-electron chi connectivity index (χ0n) is 30.9. The van der Waals surface area contributed by atoms with Crippen molar-refractivity contribution in [1.29, 1.82) is 0 Å². The molecule has 3 aromatic carbocycles. The number of aryl methyl sites for hydroxylation is 2. The molecule has 0 unspecified atom stereocenters. The first-order valence-electron chi connectivity index (χ1n) is 17.8. The van der Waals surface area contributed by atoms with Gasteiger partial charge in [-0.15, -0.1) is 0 Å². The van der Waals surface area contributed by atoms with E-state index in [0.717, 1.165) is 66.3 Å². The van der Waals surface area contributed by atoms with E-state index < -0.39 is 6.04 Å². The first-order valence-corrected chi connectivity index (χ1v) is 17.8. The van der Waals surface area contributed by atoms with E-state index in [1.54, 1.807) is 33.5 Å². The van der Waals surface area contributed by atoms with Crippen LogP contribution in [-0.2, 0) is 29.6 Å². The third kappa shape index (κ3) is 7.85. The van der Waals surface area contributed by atoms with Gasteiger partial charge in [-0.1, -0.05) is 6.07 Å². The van der Waals surface area contributed by atoms with Crippen molar-refractivity contribution in [3.05, 3.63) is 69.6 Å². The largest absolute Gasteiger partial charge is 0.493 e. The number of piperazine rings is 1. The van der Waals surface area contributed by atoms with Crippen molar-refractivity contribution in [2.24, 2.45) is 7.05 Å². The minimum Gasteiger partial charge on any atom is -0.493 e. The number of fused-ring (bicyclic) bond motifs is 4. The number of hydrogen-bond donors (Lipinski definition) is 3. The lowest BCUT2D eigenvalue weighted by Crippen LogP contribution is -2.44. The lowest BCUT2D eigenvalue weighted by molar-refractivity contribution is -0.119. The molecule has 4 aromatic rings. The van der Waals surface area contributed by atoms with Gasteiger partial charge in [0.2, 0.25) is 23.0 Å². The van der Waals surface area contributed by atoms with E-state index in [-0.39, 0.29) is 23.7 Å². The standard InChI is InChI=1S/C39H49N7O6/c1-24(47)41-29-12-9-25-20-34(50-4)38(51-5)39(52-6)37(25)27-11-13-30(33(48)22-28(27)29)40-15-7-8-36(49)42-26-10-14-32-31(21-26)43-35(45(32)3)23-46-18-16-44(2)17-19-46/h10-11,13-14,20-22,29H,7-9,12,15-19,23H2,1-6H3,(H,40,48)(H,41,47)(H,42,49)/t29-/m0/s1. The molecule has 6 rings (SSSR count). The zero-order chi connectivity index (χ0) is 36.9. The average molecular weight is 712 g/mol. The van der Waals surface area contributed by atoms with Crippen molar-refractivity contribution in [3.8, 4) is 28.4 Å². The molecule has 276 valence electrons. The number of nitrogens with zero attached hydrogens (tertiary/aromatic N) is 4. The number of nitrogens with one attached hydrogen (secondary N) is 3. The summed E-state index contributed by atoms with van der Waals surface area (Å²) in [5.41, 5.74) is 5.93. The third-order valence-electron chi connectivity index (χ3n) is 10.0. The molecule has 1 aliphatic carbocycles. The highest BCUT2D eigenvalue weighted by atomic mass is 16.5. The van der Waals surface area contributed by atoms with E-state index in [0.29, 0.717) is 60.0 Å². The van der Waals surface area contributed by atoms with Crippen LogP contribution in [0.5, 0.6) is 17.2 Å². The first kappa shape index (κ1) is 36.6. The van der Waals surface area contributed by atoms with Gasteiger partial charge in [-0.25, -0.2) is 4.98 Å². The SMILES string of the molecule is COc1cc2c(c(OC)c1OC)-c1ccc(NCCCC(=O)Nc3ccc4c(c3)nc(CN3CCN(C)CC3)n4C)c(=O)cc1[C@@H](NC(C)=O)CC2. The fourth-order valence-electron chi connectivity index (χ4n) is 7.22. The number of carbonyl (C=O) groups excluding carboxylic acids is 2. The van der Waals surface area contributed by atoms with E-state index in [2.05, 4.69) is 37.4 Å². The predicted octanol–water partition coefficient (Wildman–Crippen LogP) is 4.33. The van der Waals surface area contributed by atoms with Crippen molar-refractivity contribution in [2.45, 2.75) is 45.2 Å². The van der Waals surface area contributed by atoms with Gasteiger partial charge >= 0.3 is 0 Å². The van der Waals surface area contributed by atoms with Gasteiger partial charge in [0, 0.05) is 64.4 Å². The number of hydrogen-bond acceptors (Lipinski definition) is 10. The summed E-state index contributed by atoms with van der Waals surface area (Å²) >= 11 is 0. The Hall–Kier alpha value is -5.14. The normalized spacial score (nSPS) is 16.0. The van der Waals surface area contributed by atoms with E-state index in [1.807, 2.05) is 37.4 Å². The van der Waals surface area contributed by atoms with Crippen LogP contribution >= 0.6 is 0 Å². The predicted molar refractivity (Wildman–Crippen MR) is 203 cm³/mol. The van der Waals surface area contributed by atoms with Crippen LogP contribution in [0, 0.1) is 0 Å². The molecule has 1 saturated heterocycles. The summed E-state index contributed by atoms with van der Waals surface area (Å²) in [4.78, 5) is 48.4. The molecule has 0 saturated carbocycles. The molecular formula is C39H49N7O6. The minimum atomic E-state index is -0.396. The highest BCUT2D eigenvalue weighted by Gasteiger charge is 2.29. The molecule has 52 heavy (non-hydrogen) atoms. The van der Waals surface area contributed by atoms with E-state index in [4.69, 9.17) is 19.2 Å². The maximum absolute atomic E-state index is 13.6. The Balaban J connectivity index is 1.14. The quantitative estimate of drug-likeness (QED) is 0.182. The molecule has 3 N–H and O–H groups in total. The van der Waals surface area contributed by atoms with Crippen molar-refractivity contribution in [1.82, 2.24) is 24.7 Å². The number of methoxy groups -OCH3 is 3. The molecule has 0 radical (unpaired) electrons. The summed E-state index contributed by atoms with van der Waals surface area (Å²) < 4.78 is 19.3. The second kappa shape index (κ2) is 16.0. The Morgan fingerprint density at radius 3 is 2.42 bits per heavy atom. The van der Waals surface area contributed by atoms with Crippen LogP contribution in [-0.4, -0.2) is 92.3 Å². The maximum atomic E-state index is 13.6. The summed E-state index contributed by atoms with van der Waals surface area (Å²) in [7, 11) is 8.89. The smallest absolute Gasteiger partial charge is 0.224 e. The number of benzene rings is 2. The fourth-order valence-corrected chi connectivity index (χ4v) is 7.22. The van der Waals surface area contributed by atoms with Gasteiger partial charge in [-0.05, 0) is 79.4 Å². The van der Waals surface area contributed by atoms with Crippen LogP contribution in [0.1, 0.15) is 49.2 Å². The molecule has 2 aliphatic rings. The number of amides is 2. The number of carbonyl (C=O) groups is 2. The number of rotatable bonds is 12. The van der Waals surface area contributed by atoms with Gasteiger partial charge in [0.05, 0.1) is 50.6 Å². The van der Waals surface area contributed by atoms with Crippen LogP contribution in [0.4, 0.5) is 11.4 Å². The van der Waals surface area contributed by atoms with Crippen molar-refractivity contribution < 1.29 is 23.8 Å². The lowest BCUT2D eigenvalue weighted by Gasteiger charge is -2.31. The lowest BCUT2D eigenvalue weighted by atomic mass is 9.95. The van der Waals surface area contributed by atoms with E-state index in [1.165, 1.54) is 6.92 Å². The van der Waals surface area contributed by atoms with Gasteiger partial charge in [0.1, 0.15) is 5.82 Å². The van der Waals surface area contributed by atoms with Gasteiger partial charge in [-0.2, -0.15) is 0 Å². The molecule has 1 fully saturated rings. The Kier molecular flexibility index (Phi) is 11.3. The Morgan fingerprint density at radius 2 is 1.71 bits per heavy atom. The topological polar surface area (TPSA) is 139 Å². The summed E-state index contributed by atoms with van der Waals surface area (Å²) in [6, 6.07) is 12.6. The van der Waals surface area contributed by atoms with Crippen LogP contribution in [0.2, 0.25) is 0 Å². The fraction of sp³-hybridized carbons (Fsp3) is 0.436. The monoisotopic (exact) mass is 711 g/mol. The summed E-state index contributed by atoms with van der Waals surface area (Å²) in [6.07, 6.45) is 1.96. The van der Waals surface area contributed by atoms with Gasteiger partial charge < -0.3 is 39.6 Å². The van der Waals surface area contributed by atoms with E-state index >= 15 is 0 Å². The third-order valence-corrected chi connectivity index (χ3v) is 10.0. The molecule has 2 amide bonds. The first-order chi connectivity index (χ1) is 25.1. The average Bonchev–Trinajstić information content (AvgIpc) is 3.23. The van der Waals surface area contributed by atoms with Gasteiger partial charge in [0.25, 0.3) is 0 Å². The Morgan fingerprint density at radius 1 is 0.942 bits per heavy atom. The number of aromatic nitrogens is 2. The Labute approximate surface area is 304 Å². The maximum Gasteiger partial charge on any atom is 0.224 e. The summed E-state index contributed by atoms with van der Waals surface area (Å²) in [5, 5.41) is 9.27. The van der Waals surface area contributed by atoms with Crippen LogP contribution in [0.25, 0.3) is 22.2 Å². The number of imidazole rings is 1. The second-order valence-electron chi connectivity index (χ2n) is 13.5. The molecule has 13 nitrogen and oxygen atoms in total. The molecule has 13 heteroatoms. The molecule has 1 atom stereocenters. The number of anilines is 2. The summed E-state index contributed by atoms with van der Waals surface area (Å²) in [5.74, 6) is 2.18. The molecular weight excluding hydrogens is 662 g/mol. The molecule has 1 aliphatic heterocycles. The highest BCUT2D eigenvalue weighted by Crippen LogP contribution is 2.50. The molecule has 2 heterocycles. The highest BCUT2D eigenvalue weighted by molar-refractivity contribution is 5.93. The van der Waals surface area contributed by atoms with Crippen LogP contribution in [0.3, 0.4) is 0 Å². The molecule has 0 bridgehead atoms. The molecule has 0 spiro atoms. The molecule has 1 aromatic heterocycles. The minimum absolute atomic E-state index is 0.117. The van der Waals surface area contributed by atoms with E-state index in [9.17, 15) is 14.4 Å². The van der Waals surface area contributed by atoms with Crippen LogP contribution in [0.15, 0.2) is 47.3 Å². The number of ether oxygens (including phenoxy) is 3. The Bertz CT molecular complexity index is 2020. The zero-order valence-corrected chi connectivity index (χ0v) is 30.9. The van der Waals surface area contributed by atoms with Crippen molar-refractivity contribution in [2.75, 3.05) is 71.7 Å². The number of likely N-dealkylation sites (N-methyl/N-ethyl adjacent to an activating group) is 1. The summed E-state index contributed by atoms with van der Waals surface area (Å²) in [6.45, 7) is 6.82.